The highest BCUT2D eigenvalue weighted by atomic mass is 16.6. The molecule has 1 aromatic heterocycles. The monoisotopic (exact) mass is 555 g/mol. The van der Waals surface area contributed by atoms with Crippen molar-refractivity contribution < 1.29 is 24.2 Å². The van der Waals surface area contributed by atoms with Crippen LogP contribution in [0.3, 0.4) is 0 Å². The summed E-state index contributed by atoms with van der Waals surface area (Å²) < 4.78 is 5.46. The summed E-state index contributed by atoms with van der Waals surface area (Å²) in [6.07, 6.45) is 3.26. The van der Waals surface area contributed by atoms with Crippen molar-refractivity contribution in [3.05, 3.63) is 36.0 Å². The van der Waals surface area contributed by atoms with E-state index in [9.17, 15) is 19.5 Å². The van der Waals surface area contributed by atoms with Gasteiger partial charge in [0, 0.05) is 52.7 Å². The lowest BCUT2D eigenvalue weighted by Crippen LogP contribution is -2.44. The molecule has 0 spiro atoms. The number of anilines is 3. The Balaban J connectivity index is 1.88. The molecule has 12 heteroatoms. The third-order valence-electron chi connectivity index (χ3n) is 6.71. The Bertz CT molecular complexity index is 1160. The second kappa shape index (κ2) is 13.8. The van der Waals surface area contributed by atoms with E-state index in [4.69, 9.17) is 4.74 Å². The van der Waals surface area contributed by atoms with Crippen LogP contribution in [0.25, 0.3) is 0 Å². The maximum atomic E-state index is 13.1. The number of aromatic nitrogens is 2. The van der Waals surface area contributed by atoms with Crippen LogP contribution >= 0.6 is 0 Å². The Morgan fingerprint density at radius 2 is 1.70 bits per heavy atom. The first-order chi connectivity index (χ1) is 19.0. The van der Waals surface area contributed by atoms with Crippen LogP contribution in [0.1, 0.15) is 46.1 Å². The zero-order valence-electron chi connectivity index (χ0n) is 24.3. The molecule has 2 N–H and O–H groups in total. The van der Waals surface area contributed by atoms with E-state index in [1.54, 1.807) is 49.5 Å². The fourth-order valence-electron chi connectivity index (χ4n) is 4.48. The third-order valence-corrected chi connectivity index (χ3v) is 6.71. The molecular weight excluding hydrogens is 514 g/mol. The Morgan fingerprint density at radius 3 is 2.23 bits per heavy atom. The highest BCUT2D eigenvalue weighted by Crippen LogP contribution is 2.29. The van der Waals surface area contributed by atoms with Gasteiger partial charge in [0.1, 0.15) is 17.5 Å². The lowest BCUT2D eigenvalue weighted by Gasteiger charge is -2.32. The third kappa shape index (κ3) is 7.51. The number of carboxylic acids is 1. The first kappa shape index (κ1) is 30.5. The summed E-state index contributed by atoms with van der Waals surface area (Å²) in [5, 5.41) is 13.2. The summed E-state index contributed by atoms with van der Waals surface area (Å²) in [5.41, 5.74) is 1.12. The molecule has 0 unspecified atom stereocenters. The van der Waals surface area contributed by atoms with Crippen molar-refractivity contribution in [1.29, 1.82) is 0 Å². The summed E-state index contributed by atoms with van der Waals surface area (Å²) in [7, 11) is 3.31. The quantitative estimate of drug-likeness (QED) is 0.423. The number of hydrogen-bond acceptors (Lipinski definition) is 8. The molecule has 40 heavy (non-hydrogen) atoms. The van der Waals surface area contributed by atoms with Crippen molar-refractivity contribution in [3.63, 3.8) is 0 Å². The van der Waals surface area contributed by atoms with Gasteiger partial charge in [-0.25, -0.2) is 19.4 Å². The number of rotatable bonds is 11. The zero-order chi connectivity index (χ0) is 29.4. The Kier molecular flexibility index (Phi) is 10.5. The van der Waals surface area contributed by atoms with Gasteiger partial charge in [0.15, 0.2) is 5.82 Å². The molecule has 1 saturated heterocycles. The van der Waals surface area contributed by atoms with Gasteiger partial charge >= 0.3 is 18.1 Å². The van der Waals surface area contributed by atoms with E-state index in [1.807, 2.05) is 32.6 Å². The molecular formula is C28H41N7O5. The van der Waals surface area contributed by atoms with E-state index < -0.39 is 12.0 Å². The number of ether oxygens (including phenoxy) is 1. The highest BCUT2D eigenvalue weighted by molar-refractivity contribution is 5.95. The number of likely N-dealkylation sites (tertiary alicyclic amines) is 1. The van der Waals surface area contributed by atoms with Gasteiger partial charge in [0.2, 0.25) is 5.95 Å². The molecule has 12 nitrogen and oxygen atoms in total. The van der Waals surface area contributed by atoms with Gasteiger partial charge in [-0.2, -0.15) is 4.98 Å². The summed E-state index contributed by atoms with van der Waals surface area (Å²) >= 11 is 0. The van der Waals surface area contributed by atoms with Crippen molar-refractivity contribution >= 4 is 35.5 Å². The fourth-order valence-corrected chi connectivity index (χ4v) is 4.48. The summed E-state index contributed by atoms with van der Waals surface area (Å²) in [5.74, 6) is 0.0145. The van der Waals surface area contributed by atoms with Gasteiger partial charge in [0.25, 0.3) is 0 Å². The van der Waals surface area contributed by atoms with Crippen LogP contribution in [0.5, 0.6) is 5.75 Å². The minimum Gasteiger partial charge on any atom is -0.480 e. The lowest BCUT2D eigenvalue weighted by atomic mass is 10.1. The second-order valence-electron chi connectivity index (χ2n) is 10.2. The van der Waals surface area contributed by atoms with Gasteiger partial charge in [-0.1, -0.05) is 12.1 Å². The number of benzene rings is 1. The van der Waals surface area contributed by atoms with E-state index in [1.165, 1.54) is 9.80 Å². The Labute approximate surface area is 235 Å². The summed E-state index contributed by atoms with van der Waals surface area (Å²) in [6, 6.07) is 5.23. The summed E-state index contributed by atoms with van der Waals surface area (Å²) in [4.78, 5) is 53.5. The van der Waals surface area contributed by atoms with Crippen molar-refractivity contribution in [2.24, 2.45) is 0 Å². The van der Waals surface area contributed by atoms with Crippen molar-refractivity contribution in [1.82, 2.24) is 19.8 Å². The minimum absolute atomic E-state index is 0.128. The van der Waals surface area contributed by atoms with Crippen molar-refractivity contribution in [2.75, 3.05) is 55.4 Å². The molecule has 2 aromatic rings. The molecule has 1 aliphatic heterocycles. The number of carboxylic acid groups (broad SMARTS) is 1. The van der Waals surface area contributed by atoms with Gasteiger partial charge in [-0.3, -0.25) is 4.90 Å². The lowest BCUT2D eigenvalue weighted by molar-refractivity contribution is -0.137. The predicted octanol–water partition coefficient (Wildman–Crippen LogP) is 3.92. The first-order valence-electron chi connectivity index (χ1n) is 13.7. The van der Waals surface area contributed by atoms with Crippen LogP contribution < -0.4 is 19.9 Å². The topological polar surface area (TPSA) is 131 Å². The van der Waals surface area contributed by atoms with Gasteiger partial charge in [-0.05, 0) is 58.2 Å². The number of nitrogens with zero attached hydrogens (tertiary/aromatic N) is 6. The number of nitrogens with one attached hydrogen (secondary N) is 1. The van der Waals surface area contributed by atoms with Crippen molar-refractivity contribution in [3.8, 4) is 5.75 Å². The predicted molar refractivity (Wildman–Crippen MR) is 154 cm³/mol. The molecule has 218 valence electrons. The largest absolute Gasteiger partial charge is 0.480 e. The van der Waals surface area contributed by atoms with Gasteiger partial charge in [-0.15, -0.1) is 0 Å². The number of carbonyl (C=O) groups excluding carboxylic acids is 2. The van der Waals surface area contributed by atoms with E-state index in [2.05, 4.69) is 15.3 Å². The molecule has 3 amide bonds. The molecule has 2 heterocycles. The van der Waals surface area contributed by atoms with Crippen LogP contribution in [0.2, 0.25) is 0 Å². The molecule has 0 aliphatic carbocycles. The van der Waals surface area contributed by atoms with E-state index in [0.717, 1.165) is 18.4 Å². The van der Waals surface area contributed by atoms with Gasteiger partial charge < -0.3 is 29.9 Å². The second-order valence-corrected chi connectivity index (χ2v) is 10.2. The normalized spacial score (nSPS) is 13.6. The first-order valence-corrected chi connectivity index (χ1v) is 13.7. The molecule has 1 aromatic carbocycles. The van der Waals surface area contributed by atoms with Crippen LogP contribution in [0, 0.1) is 0 Å². The number of carbonyl (C=O) groups is 3. The molecule has 0 saturated carbocycles. The Morgan fingerprint density at radius 1 is 1.07 bits per heavy atom. The molecule has 1 aliphatic rings. The maximum absolute atomic E-state index is 13.1. The van der Waals surface area contributed by atoms with Crippen LogP contribution in [0.4, 0.5) is 27.0 Å². The molecule has 1 atom stereocenters. The number of hydrogen-bond donors (Lipinski definition) is 2. The van der Waals surface area contributed by atoms with Crippen LogP contribution in [-0.4, -0.2) is 95.3 Å². The number of urea groups is 1. The van der Waals surface area contributed by atoms with E-state index in [-0.39, 0.29) is 30.4 Å². The van der Waals surface area contributed by atoms with Crippen LogP contribution in [0.15, 0.2) is 30.5 Å². The van der Waals surface area contributed by atoms with Crippen LogP contribution in [-0.2, 0) is 11.2 Å². The van der Waals surface area contributed by atoms with E-state index in [0.29, 0.717) is 43.6 Å². The SMILES string of the molecule is CCN(CC)c1ncc(N(C(=O)N(C)C)C(C)C)c(N[C@@H](Cc2ccc(OC(=O)N3CCCC3)cc2)C(=O)O)n1. The highest BCUT2D eigenvalue weighted by Gasteiger charge is 2.28. The van der Waals surface area contributed by atoms with Gasteiger partial charge in [0.05, 0.1) is 6.20 Å². The Hall–Kier alpha value is -4.09. The molecule has 0 radical (unpaired) electrons. The average Bonchev–Trinajstić information content (AvgIpc) is 3.46. The smallest absolute Gasteiger partial charge is 0.415 e. The van der Waals surface area contributed by atoms with E-state index >= 15 is 0 Å². The standard InChI is InChI=1S/C28H41N7O5/c1-7-33(8-2)26-29-18-23(35(19(3)4)27(38)32(5)6)24(31-26)30-22(25(36)37)17-20-11-13-21(14-12-20)40-28(39)34-15-9-10-16-34/h11-14,18-19,22H,7-10,15-17H2,1-6H3,(H,36,37)(H,29,30,31)/t22-/m0/s1. The zero-order valence-corrected chi connectivity index (χ0v) is 24.3. The van der Waals surface area contributed by atoms with Crippen molar-refractivity contribution in [2.45, 2.75) is 59.0 Å². The molecule has 1 fully saturated rings. The average molecular weight is 556 g/mol. The fraction of sp³-hybridized carbons (Fsp3) is 0.536. The maximum Gasteiger partial charge on any atom is 0.415 e. The number of amides is 3. The summed E-state index contributed by atoms with van der Waals surface area (Å²) in [6.45, 7) is 10.4. The minimum atomic E-state index is -1.08. The molecule has 3 rings (SSSR count). The number of aliphatic carboxylic acids is 1. The molecule has 0 bridgehead atoms.